The summed E-state index contributed by atoms with van der Waals surface area (Å²) in [6.45, 7) is 5.15. The average Bonchev–Trinajstić information content (AvgIpc) is 2.53. The molecule has 0 radical (unpaired) electrons. The monoisotopic (exact) mass is 375 g/mol. The molecule has 0 unspecified atom stereocenters. The SMILES string of the molecule is Cc1cc(C)cc(NCCC(=O)NCCc2ccc(S(N)(=O)=O)cc2)c1. The Kier molecular flexibility index (Phi) is 6.76. The summed E-state index contributed by atoms with van der Waals surface area (Å²) in [6.07, 6.45) is 1.01. The van der Waals surface area contributed by atoms with Gasteiger partial charge in [-0.3, -0.25) is 4.79 Å². The highest BCUT2D eigenvalue weighted by atomic mass is 32.2. The molecular weight excluding hydrogens is 350 g/mol. The second kappa shape index (κ2) is 8.82. The summed E-state index contributed by atoms with van der Waals surface area (Å²) in [4.78, 5) is 12.0. The largest absolute Gasteiger partial charge is 0.385 e. The fourth-order valence-electron chi connectivity index (χ4n) is 2.68. The number of anilines is 1. The van der Waals surface area contributed by atoms with E-state index < -0.39 is 10.0 Å². The molecule has 2 aromatic carbocycles. The lowest BCUT2D eigenvalue weighted by Crippen LogP contribution is -2.27. The highest BCUT2D eigenvalue weighted by Gasteiger charge is 2.07. The van der Waals surface area contributed by atoms with Gasteiger partial charge in [-0.05, 0) is 61.2 Å². The Morgan fingerprint density at radius 1 is 1.00 bits per heavy atom. The van der Waals surface area contributed by atoms with Crippen LogP contribution in [0.1, 0.15) is 23.1 Å². The molecule has 0 spiro atoms. The fraction of sp³-hybridized carbons (Fsp3) is 0.316. The maximum atomic E-state index is 11.9. The number of hydrogen-bond acceptors (Lipinski definition) is 4. The molecule has 140 valence electrons. The van der Waals surface area contributed by atoms with Crippen molar-refractivity contribution in [1.29, 1.82) is 0 Å². The van der Waals surface area contributed by atoms with Gasteiger partial charge in [0.25, 0.3) is 0 Å². The highest BCUT2D eigenvalue weighted by molar-refractivity contribution is 7.89. The minimum atomic E-state index is -3.67. The van der Waals surface area contributed by atoms with Crippen molar-refractivity contribution >= 4 is 21.6 Å². The van der Waals surface area contributed by atoms with Gasteiger partial charge in [0, 0.05) is 25.2 Å². The number of rotatable bonds is 8. The quantitative estimate of drug-likeness (QED) is 0.658. The van der Waals surface area contributed by atoms with E-state index in [1.165, 1.54) is 23.3 Å². The Balaban J connectivity index is 1.70. The number of nitrogens with one attached hydrogen (secondary N) is 2. The zero-order valence-electron chi connectivity index (χ0n) is 15.1. The first-order chi connectivity index (χ1) is 12.2. The maximum Gasteiger partial charge on any atom is 0.238 e. The third-order valence-electron chi connectivity index (χ3n) is 3.89. The van der Waals surface area contributed by atoms with Crippen molar-refractivity contribution in [3.05, 3.63) is 59.2 Å². The van der Waals surface area contributed by atoms with Gasteiger partial charge in [-0.1, -0.05) is 18.2 Å². The lowest BCUT2D eigenvalue weighted by atomic mass is 10.1. The Morgan fingerprint density at radius 3 is 2.19 bits per heavy atom. The van der Waals surface area contributed by atoms with Crippen LogP contribution in [0, 0.1) is 13.8 Å². The topological polar surface area (TPSA) is 101 Å². The number of benzene rings is 2. The second-order valence-electron chi connectivity index (χ2n) is 6.34. The van der Waals surface area contributed by atoms with Crippen molar-refractivity contribution in [2.45, 2.75) is 31.6 Å². The Labute approximate surface area is 154 Å². The van der Waals surface area contributed by atoms with E-state index in [1.54, 1.807) is 12.1 Å². The fourth-order valence-corrected chi connectivity index (χ4v) is 3.19. The van der Waals surface area contributed by atoms with E-state index in [4.69, 9.17) is 5.14 Å². The van der Waals surface area contributed by atoms with Crippen LogP contribution in [-0.2, 0) is 21.2 Å². The molecule has 0 saturated heterocycles. The van der Waals surface area contributed by atoms with Gasteiger partial charge in [0.1, 0.15) is 0 Å². The van der Waals surface area contributed by atoms with Gasteiger partial charge in [-0.25, -0.2) is 13.6 Å². The number of amides is 1. The van der Waals surface area contributed by atoms with Crippen LogP contribution in [0.25, 0.3) is 0 Å². The molecule has 0 aliphatic rings. The Bertz CT molecular complexity index is 842. The van der Waals surface area contributed by atoms with Gasteiger partial charge in [0.2, 0.25) is 15.9 Å². The predicted octanol–water partition coefficient (Wildman–Crippen LogP) is 2.11. The first-order valence-corrected chi connectivity index (χ1v) is 9.99. The molecule has 1 amide bonds. The molecule has 0 bridgehead atoms. The third-order valence-corrected chi connectivity index (χ3v) is 4.82. The molecule has 0 saturated carbocycles. The molecule has 0 aromatic heterocycles. The van der Waals surface area contributed by atoms with E-state index in [9.17, 15) is 13.2 Å². The van der Waals surface area contributed by atoms with E-state index in [0.717, 1.165) is 11.3 Å². The minimum Gasteiger partial charge on any atom is -0.385 e. The zero-order valence-corrected chi connectivity index (χ0v) is 15.9. The van der Waals surface area contributed by atoms with Crippen molar-refractivity contribution in [1.82, 2.24) is 5.32 Å². The van der Waals surface area contributed by atoms with Gasteiger partial charge >= 0.3 is 0 Å². The highest BCUT2D eigenvalue weighted by Crippen LogP contribution is 2.13. The number of aryl methyl sites for hydroxylation is 2. The summed E-state index contributed by atoms with van der Waals surface area (Å²) in [6, 6.07) is 12.6. The van der Waals surface area contributed by atoms with Crippen LogP contribution < -0.4 is 15.8 Å². The van der Waals surface area contributed by atoms with Gasteiger partial charge in [-0.2, -0.15) is 0 Å². The van der Waals surface area contributed by atoms with Crippen molar-refractivity contribution in [3.8, 4) is 0 Å². The van der Waals surface area contributed by atoms with Crippen molar-refractivity contribution in [2.75, 3.05) is 18.4 Å². The van der Waals surface area contributed by atoms with Crippen LogP contribution in [0.2, 0.25) is 0 Å². The first kappa shape index (κ1) is 19.9. The van der Waals surface area contributed by atoms with Gasteiger partial charge in [-0.15, -0.1) is 0 Å². The van der Waals surface area contributed by atoms with Crippen LogP contribution in [-0.4, -0.2) is 27.4 Å². The molecule has 0 fully saturated rings. The van der Waals surface area contributed by atoms with Crippen LogP contribution in [0.15, 0.2) is 47.4 Å². The third kappa shape index (κ3) is 6.50. The molecule has 7 heteroatoms. The molecule has 2 rings (SSSR count). The average molecular weight is 375 g/mol. The summed E-state index contributed by atoms with van der Waals surface area (Å²) in [5.74, 6) is -0.0250. The smallest absolute Gasteiger partial charge is 0.238 e. The zero-order chi connectivity index (χ0) is 19.2. The summed E-state index contributed by atoms with van der Waals surface area (Å²) in [7, 11) is -3.67. The van der Waals surface area contributed by atoms with Crippen molar-refractivity contribution in [3.63, 3.8) is 0 Å². The molecule has 0 atom stereocenters. The van der Waals surface area contributed by atoms with E-state index in [0.29, 0.717) is 25.9 Å². The molecule has 6 nitrogen and oxygen atoms in total. The second-order valence-corrected chi connectivity index (χ2v) is 7.90. The molecule has 4 N–H and O–H groups in total. The van der Waals surface area contributed by atoms with Crippen LogP contribution in [0.5, 0.6) is 0 Å². The molecule has 0 aliphatic carbocycles. The van der Waals surface area contributed by atoms with Crippen molar-refractivity contribution < 1.29 is 13.2 Å². The molecular formula is C19H25N3O3S. The first-order valence-electron chi connectivity index (χ1n) is 8.44. The maximum absolute atomic E-state index is 11.9. The minimum absolute atomic E-state index is 0.0250. The van der Waals surface area contributed by atoms with Crippen LogP contribution >= 0.6 is 0 Å². The Morgan fingerprint density at radius 2 is 1.62 bits per heavy atom. The van der Waals surface area contributed by atoms with Crippen molar-refractivity contribution in [2.24, 2.45) is 5.14 Å². The van der Waals surface area contributed by atoms with Crippen LogP contribution in [0.4, 0.5) is 5.69 Å². The lowest BCUT2D eigenvalue weighted by molar-refractivity contribution is -0.120. The number of primary sulfonamides is 1. The van der Waals surface area contributed by atoms with E-state index in [1.807, 2.05) is 13.8 Å². The predicted molar refractivity (Wildman–Crippen MR) is 104 cm³/mol. The van der Waals surface area contributed by atoms with Gasteiger partial charge in [0.05, 0.1) is 4.90 Å². The molecule has 0 heterocycles. The number of carbonyl (C=O) groups excluding carboxylic acids is 1. The Hall–Kier alpha value is -2.38. The summed E-state index contributed by atoms with van der Waals surface area (Å²) in [5, 5.41) is 11.2. The van der Waals surface area contributed by atoms with Gasteiger partial charge in [0.15, 0.2) is 0 Å². The standard InChI is InChI=1S/C19H25N3O3S/c1-14-11-15(2)13-17(12-14)21-10-8-19(23)22-9-7-16-3-5-18(6-4-16)26(20,24)25/h3-6,11-13,21H,7-10H2,1-2H3,(H,22,23)(H2,20,24,25). The van der Waals surface area contributed by atoms with Gasteiger partial charge < -0.3 is 10.6 Å². The summed E-state index contributed by atoms with van der Waals surface area (Å²) in [5.41, 5.74) is 4.33. The number of hydrogen-bond donors (Lipinski definition) is 3. The molecule has 2 aromatic rings. The van der Waals surface area contributed by atoms with Crippen LogP contribution in [0.3, 0.4) is 0 Å². The summed E-state index contributed by atoms with van der Waals surface area (Å²) < 4.78 is 22.4. The number of sulfonamides is 1. The normalized spacial score (nSPS) is 11.2. The van der Waals surface area contributed by atoms with E-state index in [2.05, 4.69) is 28.8 Å². The van der Waals surface area contributed by atoms with E-state index in [-0.39, 0.29) is 10.8 Å². The lowest BCUT2D eigenvalue weighted by Gasteiger charge is -2.09. The number of nitrogens with two attached hydrogens (primary N) is 1. The number of carbonyl (C=O) groups is 1. The molecule has 0 aliphatic heterocycles. The van der Waals surface area contributed by atoms with E-state index >= 15 is 0 Å². The summed E-state index contributed by atoms with van der Waals surface area (Å²) >= 11 is 0. The molecule has 26 heavy (non-hydrogen) atoms.